The summed E-state index contributed by atoms with van der Waals surface area (Å²) in [4.78, 5) is 4.40. The lowest BCUT2D eigenvalue weighted by molar-refractivity contribution is 0.680. The monoisotopic (exact) mass is 253 g/mol. The van der Waals surface area contributed by atoms with E-state index < -0.39 is 0 Å². The molecule has 86 valence electrons. The minimum Gasteiger partial charge on any atom is -0.325 e. The topological polar surface area (TPSA) is 50.9 Å². The van der Waals surface area contributed by atoms with Crippen molar-refractivity contribution in [1.82, 2.24) is 10.3 Å². The van der Waals surface area contributed by atoms with Crippen LogP contribution in [-0.2, 0) is 19.6 Å². The van der Waals surface area contributed by atoms with E-state index >= 15 is 0 Å². The van der Waals surface area contributed by atoms with Crippen LogP contribution in [0, 0.1) is 6.92 Å². The molecule has 2 rings (SSSR count). The maximum absolute atomic E-state index is 5.52. The van der Waals surface area contributed by atoms with Gasteiger partial charge in [-0.1, -0.05) is 0 Å². The van der Waals surface area contributed by atoms with E-state index in [-0.39, 0.29) is 0 Å². The number of thiazole rings is 1. The Hall–Kier alpha value is -0.750. The third-order valence-electron chi connectivity index (χ3n) is 2.36. The predicted molar refractivity (Wildman–Crippen MR) is 69.6 cm³/mol. The van der Waals surface area contributed by atoms with Crippen molar-refractivity contribution >= 4 is 22.7 Å². The highest BCUT2D eigenvalue weighted by molar-refractivity contribution is 7.09. The summed E-state index contributed by atoms with van der Waals surface area (Å²) in [5, 5.41) is 10.8. The van der Waals surface area contributed by atoms with Crippen LogP contribution >= 0.6 is 22.7 Å². The molecular weight excluding hydrogens is 238 g/mol. The van der Waals surface area contributed by atoms with Gasteiger partial charge >= 0.3 is 0 Å². The molecule has 0 aliphatic rings. The summed E-state index contributed by atoms with van der Waals surface area (Å²) in [6.45, 7) is 4.40. The van der Waals surface area contributed by atoms with Gasteiger partial charge in [-0.05, 0) is 28.8 Å². The number of nitrogens with one attached hydrogen (secondary N) is 1. The molecule has 0 radical (unpaired) electrons. The number of hydrogen-bond acceptors (Lipinski definition) is 5. The Morgan fingerprint density at radius 2 is 2.19 bits per heavy atom. The minimum atomic E-state index is 0.536. The minimum absolute atomic E-state index is 0.536. The van der Waals surface area contributed by atoms with Crippen molar-refractivity contribution < 1.29 is 0 Å². The van der Waals surface area contributed by atoms with E-state index in [1.807, 2.05) is 0 Å². The molecule has 0 saturated heterocycles. The van der Waals surface area contributed by atoms with Gasteiger partial charge in [0.2, 0.25) is 0 Å². The highest BCUT2D eigenvalue weighted by Gasteiger charge is 2.01. The lowest BCUT2D eigenvalue weighted by Crippen LogP contribution is -2.13. The van der Waals surface area contributed by atoms with E-state index in [0.717, 1.165) is 23.8 Å². The first-order valence-electron chi connectivity index (χ1n) is 5.15. The van der Waals surface area contributed by atoms with Gasteiger partial charge in [-0.3, -0.25) is 0 Å². The summed E-state index contributed by atoms with van der Waals surface area (Å²) in [6.07, 6.45) is 0. The standard InChI is InChI=1S/C11H15N3S2/c1-8-5-15-6-9(8)3-13-4-10-7-16-11(2-12)14-10/h5-7,13H,2-4,12H2,1H3. The molecule has 0 atom stereocenters. The summed E-state index contributed by atoms with van der Waals surface area (Å²) >= 11 is 3.38. The van der Waals surface area contributed by atoms with Crippen molar-refractivity contribution in [2.24, 2.45) is 5.73 Å². The normalized spacial score (nSPS) is 10.9. The first-order valence-corrected chi connectivity index (χ1v) is 6.97. The van der Waals surface area contributed by atoms with Crippen LogP contribution in [0.5, 0.6) is 0 Å². The van der Waals surface area contributed by atoms with E-state index in [0.29, 0.717) is 6.54 Å². The molecule has 0 aliphatic carbocycles. The van der Waals surface area contributed by atoms with Crippen LogP contribution in [0.15, 0.2) is 16.1 Å². The van der Waals surface area contributed by atoms with E-state index in [1.165, 1.54) is 11.1 Å². The molecule has 3 N–H and O–H groups in total. The summed E-state index contributed by atoms with van der Waals surface area (Å²) in [7, 11) is 0. The zero-order chi connectivity index (χ0) is 11.4. The van der Waals surface area contributed by atoms with Gasteiger partial charge in [0, 0.05) is 25.0 Å². The highest BCUT2D eigenvalue weighted by Crippen LogP contribution is 2.13. The summed E-state index contributed by atoms with van der Waals surface area (Å²) in [6, 6.07) is 0. The maximum atomic E-state index is 5.52. The Morgan fingerprint density at radius 1 is 1.31 bits per heavy atom. The predicted octanol–water partition coefficient (Wildman–Crippen LogP) is 2.26. The van der Waals surface area contributed by atoms with Crippen LogP contribution in [0.4, 0.5) is 0 Å². The zero-order valence-electron chi connectivity index (χ0n) is 9.19. The van der Waals surface area contributed by atoms with Crippen LogP contribution < -0.4 is 11.1 Å². The van der Waals surface area contributed by atoms with Gasteiger partial charge in [0.15, 0.2) is 0 Å². The second-order valence-corrected chi connectivity index (χ2v) is 5.31. The average molecular weight is 253 g/mol. The van der Waals surface area contributed by atoms with Crippen molar-refractivity contribution in [1.29, 1.82) is 0 Å². The lowest BCUT2D eigenvalue weighted by Gasteiger charge is -2.01. The fraction of sp³-hybridized carbons (Fsp3) is 0.364. The maximum Gasteiger partial charge on any atom is 0.106 e. The molecule has 0 bridgehead atoms. The van der Waals surface area contributed by atoms with Gasteiger partial charge in [-0.2, -0.15) is 11.3 Å². The number of hydrogen-bond donors (Lipinski definition) is 2. The zero-order valence-corrected chi connectivity index (χ0v) is 10.8. The van der Waals surface area contributed by atoms with Crippen LogP contribution in [0.25, 0.3) is 0 Å². The SMILES string of the molecule is Cc1cscc1CNCc1csc(CN)n1. The second-order valence-electron chi connectivity index (χ2n) is 3.62. The molecular formula is C11H15N3S2. The fourth-order valence-electron chi connectivity index (χ4n) is 1.42. The van der Waals surface area contributed by atoms with Gasteiger partial charge in [0.25, 0.3) is 0 Å². The smallest absolute Gasteiger partial charge is 0.106 e. The number of nitrogens with two attached hydrogens (primary N) is 1. The Balaban J connectivity index is 1.82. The third-order valence-corrected chi connectivity index (χ3v) is 4.19. The van der Waals surface area contributed by atoms with Crippen LogP contribution in [0.3, 0.4) is 0 Å². The van der Waals surface area contributed by atoms with Gasteiger partial charge in [0.1, 0.15) is 5.01 Å². The second kappa shape index (κ2) is 5.54. The molecule has 2 aromatic heterocycles. The van der Waals surface area contributed by atoms with Crippen LogP contribution in [0.2, 0.25) is 0 Å². The van der Waals surface area contributed by atoms with Gasteiger partial charge in [-0.15, -0.1) is 11.3 Å². The van der Waals surface area contributed by atoms with Gasteiger partial charge < -0.3 is 11.1 Å². The van der Waals surface area contributed by atoms with Crippen LogP contribution in [-0.4, -0.2) is 4.98 Å². The highest BCUT2D eigenvalue weighted by atomic mass is 32.1. The molecule has 5 heteroatoms. The van der Waals surface area contributed by atoms with E-state index in [1.54, 1.807) is 22.7 Å². The molecule has 0 unspecified atom stereocenters. The van der Waals surface area contributed by atoms with Crippen LogP contribution in [0.1, 0.15) is 21.8 Å². The average Bonchev–Trinajstić information content (AvgIpc) is 2.89. The molecule has 0 fully saturated rings. The Bertz CT molecular complexity index is 448. The molecule has 0 aliphatic heterocycles. The van der Waals surface area contributed by atoms with Gasteiger partial charge in [0.05, 0.1) is 5.69 Å². The van der Waals surface area contributed by atoms with E-state index in [2.05, 4.69) is 33.4 Å². The van der Waals surface area contributed by atoms with E-state index in [9.17, 15) is 0 Å². The largest absolute Gasteiger partial charge is 0.325 e. The van der Waals surface area contributed by atoms with Crippen molar-refractivity contribution in [2.45, 2.75) is 26.6 Å². The number of aryl methyl sites for hydroxylation is 1. The molecule has 2 aromatic rings. The number of rotatable bonds is 5. The third kappa shape index (κ3) is 2.89. The first kappa shape index (κ1) is 11.7. The molecule has 0 saturated carbocycles. The summed E-state index contributed by atoms with van der Waals surface area (Å²) < 4.78 is 0. The van der Waals surface area contributed by atoms with Gasteiger partial charge in [-0.25, -0.2) is 4.98 Å². The summed E-state index contributed by atoms with van der Waals surface area (Å²) in [5.74, 6) is 0. The summed E-state index contributed by atoms with van der Waals surface area (Å²) in [5.41, 5.74) is 9.33. The molecule has 0 spiro atoms. The Labute approximate surface area is 103 Å². The molecule has 0 amide bonds. The Kier molecular flexibility index (Phi) is 4.06. The number of nitrogens with zero attached hydrogens (tertiary/aromatic N) is 1. The van der Waals surface area contributed by atoms with Crippen molar-refractivity contribution in [3.63, 3.8) is 0 Å². The fourth-order valence-corrected chi connectivity index (χ4v) is 2.95. The Morgan fingerprint density at radius 3 is 2.81 bits per heavy atom. The first-order chi connectivity index (χ1) is 7.79. The number of aromatic nitrogens is 1. The lowest BCUT2D eigenvalue weighted by atomic mass is 10.2. The number of thiophene rings is 1. The quantitative estimate of drug-likeness (QED) is 0.859. The van der Waals surface area contributed by atoms with Crippen molar-refractivity contribution in [3.8, 4) is 0 Å². The molecule has 0 aromatic carbocycles. The molecule has 3 nitrogen and oxygen atoms in total. The van der Waals surface area contributed by atoms with Crippen molar-refractivity contribution in [3.05, 3.63) is 38.0 Å². The van der Waals surface area contributed by atoms with E-state index in [4.69, 9.17) is 5.73 Å². The van der Waals surface area contributed by atoms with Crippen molar-refractivity contribution in [2.75, 3.05) is 0 Å². The molecule has 2 heterocycles. The molecule has 16 heavy (non-hydrogen) atoms.